The first-order valence-electron chi connectivity index (χ1n) is 10.4. The number of carboxylic acid groups (broad SMARTS) is 1. The quantitative estimate of drug-likeness (QED) is 0.293. The molecule has 0 aliphatic carbocycles. The Kier molecular flexibility index (Phi) is 6.75. The van der Waals surface area contributed by atoms with Crippen LogP contribution in [-0.2, 0) is 23.1 Å². The lowest BCUT2D eigenvalue weighted by molar-refractivity contribution is -0.607. The molecule has 180 valence electrons. The van der Waals surface area contributed by atoms with Crippen molar-refractivity contribution in [3.63, 3.8) is 0 Å². The molecular formula is C23H22N6O5S. The summed E-state index contributed by atoms with van der Waals surface area (Å²) in [4.78, 5) is 16.4. The fourth-order valence-electron chi connectivity index (χ4n) is 3.36. The van der Waals surface area contributed by atoms with Crippen LogP contribution in [0.3, 0.4) is 0 Å². The number of sulfonamides is 1. The van der Waals surface area contributed by atoms with Crippen molar-refractivity contribution < 1.29 is 23.0 Å². The van der Waals surface area contributed by atoms with Gasteiger partial charge in [0.2, 0.25) is 10.0 Å². The molecule has 3 aromatic heterocycles. The van der Waals surface area contributed by atoms with Crippen LogP contribution in [0, 0.1) is 5.21 Å². The zero-order chi connectivity index (χ0) is 25.0. The monoisotopic (exact) mass is 494 g/mol. The van der Waals surface area contributed by atoms with E-state index in [1.165, 1.54) is 35.7 Å². The van der Waals surface area contributed by atoms with Crippen LogP contribution in [0.5, 0.6) is 0 Å². The number of amides is 1. The number of hydrogen-bond acceptors (Lipinski definition) is 6. The minimum atomic E-state index is -4.10. The van der Waals surface area contributed by atoms with E-state index in [1.807, 2.05) is 12.1 Å². The van der Waals surface area contributed by atoms with Gasteiger partial charge < -0.3 is 10.3 Å². The lowest BCUT2D eigenvalue weighted by Gasteiger charge is -2.22. The van der Waals surface area contributed by atoms with E-state index in [0.29, 0.717) is 16.0 Å². The summed E-state index contributed by atoms with van der Waals surface area (Å²) in [7, 11) is -2.75. The zero-order valence-electron chi connectivity index (χ0n) is 18.7. The van der Waals surface area contributed by atoms with Crippen LogP contribution in [-0.4, -0.2) is 45.7 Å². The molecule has 1 aromatic carbocycles. The van der Waals surface area contributed by atoms with Crippen molar-refractivity contribution in [2.24, 2.45) is 0 Å². The van der Waals surface area contributed by atoms with Crippen molar-refractivity contribution in [3.8, 4) is 5.69 Å². The Balaban J connectivity index is 1.67. The van der Waals surface area contributed by atoms with Crippen LogP contribution < -0.4 is 9.63 Å². The van der Waals surface area contributed by atoms with E-state index in [2.05, 4.69) is 10.1 Å². The SMILES string of the molecule is CN(C(=O)O)c1cccc(CN(Cc2ccc(-n3cccn3)cc2)S(=O)(=O)c2ccc[n+]([O-])c2)n1. The van der Waals surface area contributed by atoms with Gasteiger partial charge in [0, 0.05) is 32.1 Å². The molecule has 0 fully saturated rings. The Labute approximate surface area is 201 Å². The standard InChI is InChI=1S/C23H22N6O5S/c1-26(23(30)31)22-7-2-5-19(25-22)16-28(35(33,34)21-6-3-13-27(32)17-21)15-18-8-10-20(11-9-18)29-14-4-12-24-29/h2-14,17H,15-16H2,1H3,(H,30,31). The van der Waals surface area contributed by atoms with Crippen molar-refractivity contribution in [1.29, 1.82) is 0 Å². The second-order valence-electron chi connectivity index (χ2n) is 7.62. The van der Waals surface area contributed by atoms with Gasteiger partial charge in [-0.15, -0.1) is 0 Å². The average Bonchev–Trinajstić information content (AvgIpc) is 3.39. The number of hydrogen-bond donors (Lipinski definition) is 1. The Morgan fingerprint density at radius 1 is 1.09 bits per heavy atom. The Hall–Kier alpha value is -4.29. The molecule has 0 atom stereocenters. The van der Waals surface area contributed by atoms with E-state index < -0.39 is 16.1 Å². The zero-order valence-corrected chi connectivity index (χ0v) is 19.5. The maximum absolute atomic E-state index is 13.5. The van der Waals surface area contributed by atoms with E-state index in [-0.39, 0.29) is 23.8 Å². The van der Waals surface area contributed by atoms with E-state index in [9.17, 15) is 23.5 Å². The highest BCUT2D eigenvalue weighted by Crippen LogP contribution is 2.21. The van der Waals surface area contributed by atoms with Gasteiger partial charge in [-0.25, -0.2) is 22.9 Å². The molecule has 0 aliphatic rings. The number of aromatic nitrogens is 4. The van der Waals surface area contributed by atoms with Crippen LogP contribution in [0.25, 0.3) is 5.69 Å². The van der Waals surface area contributed by atoms with Gasteiger partial charge in [0.25, 0.3) is 0 Å². The maximum Gasteiger partial charge on any atom is 0.412 e. The Morgan fingerprint density at radius 2 is 1.86 bits per heavy atom. The molecule has 0 saturated heterocycles. The molecule has 3 heterocycles. The molecule has 12 heteroatoms. The molecule has 0 radical (unpaired) electrons. The fourth-order valence-corrected chi connectivity index (χ4v) is 4.77. The predicted molar refractivity (Wildman–Crippen MR) is 126 cm³/mol. The molecule has 11 nitrogen and oxygen atoms in total. The minimum Gasteiger partial charge on any atom is -0.619 e. The predicted octanol–water partition coefficient (Wildman–Crippen LogP) is 2.41. The van der Waals surface area contributed by atoms with Gasteiger partial charge in [-0.05, 0) is 42.0 Å². The molecule has 4 aromatic rings. The first-order chi connectivity index (χ1) is 16.7. The van der Waals surface area contributed by atoms with Crippen LogP contribution in [0.4, 0.5) is 10.6 Å². The summed E-state index contributed by atoms with van der Waals surface area (Å²) in [5.41, 5.74) is 1.86. The second kappa shape index (κ2) is 9.91. The van der Waals surface area contributed by atoms with Crippen LogP contribution in [0.1, 0.15) is 11.3 Å². The molecule has 0 bridgehead atoms. The largest absolute Gasteiger partial charge is 0.619 e. The number of pyridine rings is 2. The summed E-state index contributed by atoms with van der Waals surface area (Å²) in [5, 5.41) is 25.2. The lowest BCUT2D eigenvalue weighted by Crippen LogP contribution is -2.33. The number of benzene rings is 1. The third kappa shape index (κ3) is 5.45. The van der Waals surface area contributed by atoms with E-state index in [0.717, 1.165) is 16.8 Å². The van der Waals surface area contributed by atoms with Gasteiger partial charge in [-0.1, -0.05) is 18.2 Å². The third-order valence-electron chi connectivity index (χ3n) is 5.21. The van der Waals surface area contributed by atoms with E-state index >= 15 is 0 Å². The molecule has 1 amide bonds. The molecule has 4 rings (SSSR count). The average molecular weight is 495 g/mol. The van der Waals surface area contributed by atoms with Crippen molar-refractivity contribution in [1.82, 2.24) is 19.1 Å². The van der Waals surface area contributed by atoms with Crippen molar-refractivity contribution >= 4 is 21.9 Å². The highest BCUT2D eigenvalue weighted by Gasteiger charge is 2.27. The van der Waals surface area contributed by atoms with Gasteiger partial charge in [0.15, 0.2) is 12.4 Å². The van der Waals surface area contributed by atoms with Gasteiger partial charge in [0.05, 0.1) is 17.9 Å². The third-order valence-corrected chi connectivity index (χ3v) is 6.99. The summed E-state index contributed by atoms with van der Waals surface area (Å²) < 4.78 is 30.3. The first-order valence-corrected chi connectivity index (χ1v) is 11.9. The van der Waals surface area contributed by atoms with Gasteiger partial charge >= 0.3 is 6.09 Å². The van der Waals surface area contributed by atoms with E-state index in [1.54, 1.807) is 47.4 Å². The number of rotatable bonds is 8. The Morgan fingerprint density at radius 3 is 2.51 bits per heavy atom. The van der Waals surface area contributed by atoms with Crippen molar-refractivity contribution in [3.05, 3.63) is 102 Å². The number of anilines is 1. The highest BCUT2D eigenvalue weighted by atomic mass is 32.2. The van der Waals surface area contributed by atoms with Gasteiger partial charge in [0.1, 0.15) is 10.7 Å². The number of nitrogens with zero attached hydrogens (tertiary/aromatic N) is 6. The van der Waals surface area contributed by atoms with E-state index in [4.69, 9.17) is 0 Å². The van der Waals surface area contributed by atoms with Gasteiger partial charge in [-0.2, -0.15) is 14.1 Å². The molecule has 35 heavy (non-hydrogen) atoms. The summed E-state index contributed by atoms with van der Waals surface area (Å²) in [5.74, 6) is 0.160. The lowest BCUT2D eigenvalue weighted by atomic mass is 10.2. The second-order valence-corrected chi connectivity index (χ2v) is 9.56. The van der Waals surface area contributed by atoms with Crippen LogP contribution in [0.15, 0.2) is 90.3 Å². The van der Waals surface area contributed by atoms with Crippen molar-refractivity contribution in [2.75, 3.05) is 11.9 Å². The molecule has 0 aliphatic heterocycles. The summed E-state index contributed by atoms with van der Waals surface area (Å²) in [6, 6.07) is 16.5. The smallest absolute Gasteiger partial charge is 0.412 e. The normalized spacial score (nSPS) is 11.5. The molecule has 1 N–H and O–H groups in total. The Bertz CT molecular complexity index is 1430. The fraction of sp³-hybridized carbons (Fsp3) is 0.130. The topological polar surface area (TPSA) is 136 Å². The first kappa shape index (κ1) is 23.9. The van der Waals surface area contributed by atoms with Gasteiger partial charge in [-0.3, -0.25) is 4.90 Å². The molecular weight excluding hydrogens is 472 g/mol. The van der Waals surface area contributed by atoms with Crippen LogP contribution >= 0.6 is 0 Å². The maximum atomic E-state index is 13.5. The molecule has 0 saturated carbocycles. The summed E-state index contributed by atoms with van der Waals surface area (Å²) in [6.07, 6.45) is 4.45. The summed E-state index contributed by atoms with van der Waals surface area (Å²) >= 11 is 0. The highest BCUT2D eigenvalue weighted by molar-refractivity contribution is 7.89. The minimum absolute atomic E-state index is 0.00382. The van der Waals surface area contributed by atoms with Crippen LogP contribution in [0.2, 0.25) is 0 Å². The molecule has 0 unspecified atom stereocenters. The van der Waals surface area contributed by atoms with Crippen molar-refractivity contribution in [2.45, 2.75) is 18.0 Å². The molecule has 0 spiro atoms. The summed E-state index contributed by atoms with van der Waals surface area (Å²) in [6.45, 7) is -0.144. The number of carbonyl (C=O) groups is 1.